The standard InChI is InChI=1S/C30H28N2O2/c1-22-20-32(27-13-7-4-8-14-27)21-26(22)18-24-10-9-15-28(19-24)33-17-16-29-23(2)34-30(31-29)25-11-5-3-6-12-25/h3-15,19-21H,16-18H2,1-2H3. The highest BCUT2D eigenvalue weighted by atomic mass is 16.5. The Bertz CT molecular complexity index is 1370. The molecule has 0 atom stereocenters. The van der Waals surface area contributed by atoms with E-state index >= 15 is 0 Å². The van der Waals surface area contributed by atoms with Crippen LogP contribution in [0.25, 0.3) is 17.1 Å². The predicted octanol–water partition coefficient (Wildman–Crippen LogP) is 6.96. The van der Waals surface area contributed by atoms with Crippen LogP contribution in [0.15, 0.2) is 102 Å². The third kappa shape index (κ3) is 4.96. The van der Waals surface area contributed by atoms with Gasteiger partial charge in [0, 0.05) is 30.1 Å². The van der Waals surface area contributed by atoms with E-state index < -0.39 is 0 Å². The van der Waals surface area contributed by atoms with E-state index in [0.29, 0.717) is 18.9 Å². The minimum absolute atomic E-state index is 0.550. The van der Waals surface area contributed by atoms with Crippen molar-refractivity contribution >= 4 is 0 Å². The summed E-state index contributed by atoms with van der Waals surface area (Å²) in [6.07, 6.45) is 5.97. The van der Waals surface area contributed by atoms with Gasteiger partial charge in [0.1, 0.15) is 11.5 Å². The Balaban J connectivity index is 1.22. The second-order valence-corrected chi connectivity index (χ2v) is 8.52. The summed E-state index contributed by atoms with van der Waals surface area (Å²) in [6, 6.07) is 28.7. The van der Waals surface area contributed by atoms with Crippen LogP contribution in [0, 0.1) is 13.8 Å². The van der Waals surface area contributed by atoms with Gasteiger partial charge in [-0.15, -0.1) is 0 Å². The van der Waals surface area contributed by atoms with Crippen LogP contribution in [-0.2, 0) is 12.8 Å². The molecule has 0 saturated carbocycles. The molecule has 0 unspecified atom stereocenters. The molecular weight excluding hydrogens is 420 g/mol. The van der Waals surface area contributed by atoms with Crippen molar-refractivity contribution in [2.45, 2.75) is 26.7 Å². The van der Waals surface area contributed by atoms with Crippen molar-refractivity contribution < 1.29 is 9.15 Å². The smallest absolute Gasteiger partial charge is 0.226 e. The van der Waals surface area contributed by atoms with Crippen LogP contribution >= 0.6 is 0 Å². The molecule has 0 amide bonds. The van der Waals surface area contributed by atoms with Crippen molar-refractivity contribution in [3.8, 4) is 22.9 Å². The van der Waals surface area contributed by atoms with Crippen molar-refractivity contribution in [1.29, 1.82) is 0 Å². The Kier molecular flexibility index (Phi) is 6.30. The molecule has 0 bridgehead atoms. The molecule has 4 heteroatoms. The number of benzene rings is 3. The van der Waals surface area contributed by atoms with Gasteiger partial charge in [0.15, 0.2) is 0 Å². The number of aryl methyl sites for hydroxylation is 2. The molecule has 0 N–H and O–H groups in total. The van der Waals surface area contributed by atoms with Gasteiger partial charge < -0.3 is 13.7 Å². The summed E-state index contributed by atoms with van der Waals surface area (Å²) in [6.45, 7) is 4.67. The lowest BCUT2D eigenvalue weighted by atomic mass is 10.0. The number of hydrogen-bond donors (Lipinski definition) is 0. The van der Waals surface area contributed by atoms with Gasteiger partial charge in [-0.2, -0.15) is 0 Å². The normalized spacial score (nSPS) is 11.0. The highest BCUT2D eigenvalue weighted by molar-refractivity contribution is 5.53. The quantitative estimate of drug-likeness (QED) is 0.258. The molecule has 2 aromatic heterocycles. The molecule has 5 aromatic rings. The number of para-hydroxylation sites is 1. The highest BCUT2D eigenvalue weighted by Gasteiger charge is 2.12. The van der Waals surface area contributed by atoms with Crippen LogP contribution in [-0.4, -0.2) is 16.2 Å². The van der Waals surface area contributed by atoms with Gasteiger partial charge in [0.2, 0.25) is 5.89 Å². The summed E-state index contributed by atoms with van der Waals surface area (Å²) in [5, 5.41) is 0. The molecule has 4 nitrogen and oxygen atoms in total. The van der Waals surface area contributed by atoms with Crippen molar-refractivity contribution in [2.24, 2.45) is 0 Å². The van der Waals surface area contributed by atoms with Crippen LogP contribution in [0.4, 0.5) is 0 Å². The molecule has 0 fully saturated rings. The SMILES string of the molecule is Cc1cn(-c2ccccc2)cc1Cc1cccc(OCCc2nc(-c3ccccc3)oc2C)c1. The van der Waals surface area contributed by atoms with E-state index in [1.165, 1.54) is 22.4 Å². The van der Waals surface area contributed by atoms with Gasteiger partial charge in [-0.25, -0.2) is 4.98 Å². The van der Waals surface area contributed by atoms with E-state index in [9.17, 15) is 0 Å². The summed E-state index contributed by atoms with van der Waals surface area (Å²) < 4.78 is 14.1. The van der Waals surface area contributed by atoms with E-state index in [2.05, 4.69) is 71.3 Å². The lowest BCUT2D eigenvalue weighted by Crippen LogP contribution is -2.03. The fraction of sp³-hybridized carbons (Fsp3) is 0.167. The molecule has 0 aliphatic heterocycles. The van der Waals surface area contributed by atoms with Crippen LogP contribution in [0.3, 0.4) is 0 Å². The zero-order chi connectivity index (χ0) is 23.3. The van der Waals surface area contributed by atoms with Gasteiger partial charge in [-0.05, 0) is 73.4 Å². The Labute approximate surface area is 200 Å². The summed E-state index contributed by atoms with van der Waals surface area (Å²) in [5.41, 5.74) is 6.93. The second kappa shape index (κ2) is 9.84. The van der Waals surface area contributed by atoms with Gasteiger partial charge in [-0.3, -0.25) is 0 Å². The third-order valence-corrected chi connectivity index (χ3v) is 6.00. The molecule has 0 radical (unpaired) electrons. The van der Waals surface area contributed by atoms with Crippen molar-refractivity contribution in [3.05, 3.63) is 125 Å². The molecule has 34 heavy (non-hydrogen) atoms. The minimum Gasteiger partial charge on any atom is -0.493 e. The maximum Gasteiger partial charge on any atom is 0.226 e. The van der Waals surface area contributed by atoms with E-state index in [4.69, 9.17) is 9.15 Å². The molecular formula is C30H28N2O2. The number of oxazole rings is 1. The fourth-order valence-corrected chi connectivity index (χ4v) is 4.13. The van der Waals surface area contributed by atoms with Crippen molar-refractivity contribution in [3.63, 3.8) is 0 Å². The predicted molar refractivity (Wildman–Crippen MR) is 136 cm³/mol. The summed E-state index contributed by atoms with van der Waals surface area (Å²) in [7, 11) is 0. The number of rotatable bonds is 8. The molecule has 2 heterocycles. The van der Waals surface area contributed by atoms with Crippen LogP contribution in [0.5, 0.6) is 5.75 Å². The Hall–Kier alpha value is -4.05. The minimum atomic E-state index is 0.550. The first-order chi connectivity index (χ1) is 16.7. The zero-order valence-corrected chi connectivity index (χ0v) is 19.6. The van der Waals surface area contributed by atoms with Crippen LogP contribution in [0.1, 0.15) is 28.1 Å². The largest absolute Gasteiger partial charge is 0.493 e. The average Bonchev–Trinajstić information content (AvgIpc) is 3.43. The van der Waals surface area contributed by atoms with Crippen molar-refractivity contribution in [1.82, 2.24) is 9.55 Å². The Morgan fingerprint density at radius 2 is 1.62 bits per heavy atom. The number of aromatic nitrogens is 2. The number of ether oxygens (including phenoxy) is 1. The maximum absolute atomic E-state index is 6.08. The average molecular weight is 449 g/mol. The zero-order valence-electron chi connectivity index (χ0n) is 19.6. The second-order valence-electron chi connectivity index (χ2n) is 8.52. The van der Waals surface area contributed by atoms with E-state index in [1.54, 1.807) is 0 Å². The summed E-state index contributed by atoms with van der Waals surface area (Å²) in [5.74, 6) is 2.38. The molecule has 0 aliphatic rings. The number of hydrogen-bond acceptors (Lipinski definition) is 3. The Morgan fingerprint density at radius 3 is 2.41 bits per heavy atom. The first kappa shape index (κ1) is 21.8. The summed E-state index contributed by atoms with van der Waals surface area (Å²) >= 11 is 0. The Morgan fingerprint density at radius 1 is 0.853 bits per heavy atom. The first-order valence-electron chi connectivity index (χ1n) is 11.6. The van der Waals surface area contributed by atoms with Crippen molar-refractivity contribution in [2.75, 3.05) is 6.61 Å². The van der Waals surface area contributed by atoms with Gasteiger partial charge >= 0.3 is 0 Å². The molecule has 0 aliphatic carbocycles. The highest BCUT2D eigenvalue weighted by Crippen LogP contribution is 2.23. The van der Waals surface area contributed by atoms with Gasteiger partial charge in [-0.1, -0.05) is 48.5 Å². The van der Waals surface area contributed by atoms with E-state index in [0.717, 1.165) is 29.2 Å². The first-order valence-corrected chi connectivity index (χ1v) is 11.6. The monoisotopic (exact) mass is 448 g/mol. The fourth-order valence-electron chi connectivity index (χ4n) is 4.13. The van der Waals surface area contributed by atoms with E-state index in [-0.39, 0.29) is 0 Å². The lowest BCUT2D eigenvalue weighted by Gasteiger charge is -2.08. The lowest BCUT2D eigenvalue weighted by molar-refractivity contribution is 0.319. The molecule has 0 spiro atoms. The maximum atomic E-state index is 6.08. The molecule has 5 rings (SSSR count). The van der Waals surface area contributed by atoms with Gasteiger partial charge in [0.25, 0.3) is 0 Å². The summed E-state index contributed by atoms with van der Waals surface area (Å²) in [4.78, 5) is 4.67. The van der Waals surface area contributed by atoms with Gasteiger partial charge in [0.05, 0.1) is 12.3 Å². The molecule has 3 aromatic carbocycles. The van der Waals surface area contributed by atoms with Crippen LogP contribution < -0.4 is 4.74 Å². The topological polar surface area (TPSA) is 40.2 Å². The third-order valence-electron chi connectivity index (χ3n) is 6.00. The van der Waals surface area contributed by atoms with Crippen LogP contribution in [0.2, 0.25) is 0 Å². The van der Waals surface area contributed by atoms with E-state index in [1.807, 2.05) is 49.4 Å². The number of nitrogens with zero attached hydrogens (tertiary/aromatic N) is 2. The molecule has 0 saturated heterocycles. The molecule has 170 valence electrons.